The monoisotopic (exact) mass is 247 g/mol. The molecule has 0 amide bonds. The molecule has 88 valence electrons. The number of aromatic nitrogens is 1. The van der Waals surface area contributed by atoms with E-state index in [1.807, 2.05) is 18.2 Å². The predicted octanol–water partition coefficient (Wildman–Crippen LogP) is 2.97. The zero-order valence-corrected chi connectivity index (χ0v) is 10.1. The topological polar surface area (TPSA) is 50.9 Å². The van der Waals surface area contributed by atoms with Crippen LogP contribution in [-0.4, -0.2) is 11.5 Å². The lowest BCUT2D eigenvalue weighted by molar-refractivity contribution is 1.01. The van der Waals surface area contributed by atoms with Crippen LogP contribution in [0.25, 0.3) is 0 Å². The Balaban J connectivity index is 1.90. The first-order chi connectivity index (χ1) is 8.25. The molecule has 2 rings (SSSR count). The van der Waals surface area contributed by atoms with Crippen LogP contribution in [-0.2, 0) is 6.42 Å². The molecule has 3 N–H and O–H groups in total. The van der Waals surface area contributed by atoms with Crippen molar-refractivity contribution < 1.29 is 0 Å². The molecule has 0 aliphatic carbocycles. The van der Waals surface area contributed by atoms with Crippen LogP contribution >= 0.6 is 11.6 Å². The van der Waals surface area contributed by atoms with Crippen LogP contribution in [0.2, 0.25) is 5.02 Å². The van der Waals surface area contributed by atoms with Crippen molar-refractivity contribution >= 4 is 23.1 Å². The summed E-state index contributed by atoms with van der Waals surface area (Å²) in [5, 5.41) is 3.75. The average molecular weight is 248 g/mol. The minimum absolute atomic E-state index is 0.552. The molecule has 1 aromatic heterocycles. The molecule has 1 aromatic carbocycles. The van der Waals surface area contributed by atoms with Crippen molar-refractivity contribution in [2.75, 3.05) is 17.6 Å². The van der Waals surface area contributed by atoms with E-state index >= 15 is 0 Å². The molecule has 2 aromatic rings. The summed E-state index contributed by atoms with van der Waals surface area (Å²) >= 11 is 5.78. The number of hydrogen-bond acceptors (Lipinski definition) is 3. The summed E-state index contributed by atoms with van der Waals surface area (Å²) < 4.78 is 0. The first kappa shape index (κ1) is 11.7. The van der Waals surface area contributed by atoms with Crippen molar-refractivity contribution in [3.05, 3.63) is 53.2 Å². The first-order valence-corrected chi connectivity index (χ1v) is 5.82. The van der Waals surface area contributed by atoms with E-state index in [1.54, 1.807) is 12.3 Å². The number of hydrogen-bond donors (Lipinski definition) is 2. The van der Waals surface area contributed by atoms with Gasteiger partial charge in [-0.05, 0) is 18.1 Å². The Morgan fingerprint density at radius 3 is 2.71 bits per heavy atom. The maximum absolute atomic E-state index is 5.79. The van der Waals surface area contributed by atoms with Gasteiger partial charge in [-0.25, -0.2) is 4.98 Å². The van der Waals surface area contributed by atoms with E-state index < -0.39 is 0 Å². The molecule has 0 aliphatic heterocycles. The van der Waals surface area contributed by atoms with Gasteiger partial charge in [0.2, 0.25) is 0 Å². The summed E-state index contributed by atoms with van der Waals surface area (Å²) in [6.07, 6.45) is 2.52. The molecule has 0 radical (unpaired) electrons. The Bertz CT molecular complexity index is 485. The molecular weight excluding hydrogens is 234 g/mol. The number of halogens is 1. The van der Waals surface area contributed by atoms with Crippen LogP contribution in [0, 0.1) is 0 Å². The minimum atomic E-state index is 0.552. The molecule has 4 heteroatoms. The molecule has 0 aliphatic rings. The summed E-state index contributed by atoms with van der Waals surface area (Å²) in [4.78, 5) is 4.14. The maximum atomic E-state index is 5.79. The Morgan fingerprint density at radius 1 is 1.24 bits per heavy atom. The normalized spacial score (nSPS) is 10.2. The number of rotatable bonds is 4. The van der Waals surface area contributed by atoms with Gasteiger partial charge in [-0.3, -0.25) is 0 Å². The summed E-state index contributed by atoms with van der Waals surface area (Å²) in [5.41, 5.74) is 7.65. The number of nitrogen functional groups attached to an aromatic ring is 1. The van der Waals surface area contributed by atoms with E-state index in [0.717, 1.165) is 13.0 Å². The van der Waals surface area contributed by atoms with Crippen molar-refractivity contribution in [2.24, 2.45) is 0 Å². The van der Waals surface area contributed by atoms with Crippen LogP contribution in [0.5, 0.6) is 0 Å². The fourth-order valence-electron chi connectivity index (χ4n) is 1.57. The van der Waals surface area contributed by atoms with Gasteiger partial charge in [-0.15, -0.1) is 0 Å². The van der Waals surface area contributed by atoms with Gasteiger partial charge in [0, 0.05) is 12.7 Å². The minimum Gasteiger partial charge on any atom is -0.396 e. The van der Waals surface area contributed by atoms with Crippen LogP contribution < -0.4 is 11.1 Å². The lowest BCUT2D eigenvalue weighted by atomic mass is 10.1. The standard InChI is InChI=1S/C13H14ClN3/c14-11-8-12(15)13(17-9-11)16-7-6-10-4-2-1-3-5-10/h1-5,8-9H,6-7,15H2,(H,16,17). The van der Waals surface area contributed by atoms with Crippen LogP contribution in [0.3, 0.4) is 0 Å². The fraction of sp³-hybridized carbons (Fsp3) is 0.154. The van der Waals surface area contributed by atoms with Crippen molar-refractivity contribution in [3.8, 4) is 0 Å². The molecule has 0 fully saturated rings. The second kappa shape index (κ2) is 5.55. The second-order valence-electron chi connectivity index (χ2n) is 3.75. The van der Waals surface area contributed by atoms with Crippen LogP contribution in [0.4, 0.5) is 11.5 Å². The third-order valence-electron chi connectivity index (χ3n) is 2.43. The van der Waals surface area contributed by atoms with E-state index in [0.29, 0.717) is 16.5 Å². The number of nitrogens with zero attached hydrogens (tertiary/aromatic N) is 1. The predicted molar refractivity (Wildman–Crippen MR) is 72.3 cm³/mol. The van der Waals surface area contributed by atoms with Gasteiger partial charge in [0.05, 0.1) is 10.7 Å². The number of anilines is 2. The number of pyridine rings is 1. The molecule has 3 nitrogen and oxygen atoms in total. The van der Waals surface area contributed by atoms with E-state index in [-0.39, 0.29) is 0 Å². The molecule has 0 saturated carbocycles. The largest absolute Gasteiger partial charge is 0.396 e. The third-order valence-corrected chi connectivity index (χ3v) is 2.64. The molecule has 0 spiro atoms. The molecule has 0 bridgehead atoms. The van der Waals surface area contributed by atoms with Crippen molar-refractivity contribution in [3.63, 3.8) is 0 Å². The SMILES string of the molecule is Nc1cc(Cl)cnc1NCCc1ccccc1. The lowest BCUT2D eigenvalue weighted by Gasteiger charge is -2.08. The van der Waals surface area contributed by atoms with Crippen molar-refractivity contribution in [2.45, 2.75) is 6.42 Å². The fourth-order valence-corrected chi connectivity index (χ4v) is 1.74. The lowest BCUT2D eigenvalue weighted by Crippen LogP contribution is -2.08. The highest BCUT2D eigenvalue weighted by Gasteiger charge is 2.00. The quantitative estimate of drug-likeness (QED) is 0.873. The highest BCUT2D eigenvalue weighted by atomic mass is 35.5. The highest BCUT2D eigenvalue weighted by Crippen LogP contribution is 2.19. The number of nitrogens with one attached hydrogen (secondary N) is 1. The van der Waals surface area contributed by atoms with Gasteiger partial charge in [-0.1, -0.05) is 41.9 Å². The molecule has 1 heterocycles. The third kappa shape index (κ3) is 3.36. The Morgan fingerprint density at radius 2 is 2.00 bits per heavy atom. The van der Waals surface area contributed by atoms with Gasteiger partial charge in [0.25, 0.3) is 0 Å². The van der Waals surface area contributed by atoms with E-state index in [4.69, 9.17) is 17.3 Å². The number of nitrogens with two attached hydrogens (primary N) is 1. The molecule has 0 unspecified atom stereocenters. The highest BCUT2D eigenvalue weighted by molar-refractivity contribution is 6.30. The zero-order chi connectivity index (χ0) is 12.1. The van der Waals surface area contributed by atoms with Crippen molar-refractivity contribution in [1.29, 1.82) is 0 Å². The first-order valence-electron chi connectivity index (χ1n) is 5.44. The van der Waals surface area contributed by atoms with Crippen molar-refractivity contribution in [1.82, 2.24) is 4.98 Å². The smallest absolute Gasteiger partial charge is 0.149 e. The van der Waals surface area contributed by atoms with E-state index in [9.17, 15) is 0 Å². The summed E-state index contributed by atoms with van der Waals surface area (Å²) in [5.74, 6) is 0.685. The molecule has 17 heavy (non-hydrogen) atoms. The van der Waals surface area contributed by atoms with Gasteiger partial charge in [0.15, 0.2) is 0 Å². The van der Waals surface area contributed by atoms with E-state index in [1.165, 1.54) is 5.56 Å². The molecule has 0 saturated heterocycles. The summed E-state index contributed by atoms with van der Waals surface area (Å²) in [6.45, 7) is 0.794. The van der Waals surface area contributed by atoms with Gasteiger partial charge < -0.3 is 11.1 Å². The zero-order valence-electron chi connectivity index (χ0n) is 9.36. The summed E-state index contributed by atoms with van der Waals surface area (Å²) in [7, 11) is 0. The summed E-state index contributed by atoms with van der Waals surface area (Å²) in [6, 6.07) is 12.0. The van der Waals surface area contributed by atoms with Gasteiger partial charge >= 0.3 is 0 Å². The Kier molecular flexibility index (Phi) is 3.83. The second-order valence-corrected chi connectivity index (χ2v) is 4.19. The Labute approximate surface area is 106 Å². The molecule has 0 atom stereocenters. The van der Waals surface area contributed by atoms with Crippen LogP contribution in [0.15, 0.2) is 42.6 Å². The van der Waals surface area contributed by atoms with Gasteiger partial charge in [-0.2, -0.15) is 0 Å². The van der Waals surface area contributed by atoms with E-state index in [2.05, 4.69) is 22.4 Å². The Hall–Kier alpha value is -1.74. The van der Waals surface area contributed by atoms with Gasteiger partial charge in [0.1, 0.15) is 5.82 Å². The van der Waals surface area contributed by atoms with Crippen LogP contribution in [0.1, 0.15) is 5.56 Å². The maximum Gasteiger partial charge on any atom is 0.149 e. The average Bonchev–Trinajstić information content (AvgIpc) is 2.33. The molecular formula is C13H14ClN3. The number of benzene rings is 1.